The first-order chi connectivity index (χ1) is 7.66. The molecule has 88 valence electrons. The van der Waals surface area contributed by atoms with Crippen molar-refractivity contribution >= 4 is 5.97 Å². The Balaban J connectivity index is 2.74. The molecular weight excluding hydrogens is 204 g/mol. The zero-order valence-electron chi connectivity index (χ0n) is 9.77. The zero-order valence-corrected chi connectivity index (χ0v) is 9.77. The fraction of sp³-hybridized carbons (Fsp3) is 0.462. The Morgan fingerprint density at radius 1 is 1.44 bits per heavy atom. The molecule has 1 N–H and O–H groups in total. The van der Waals surface area contributed by atoms with Crippen LogP contribution in [0, 0.1) is 0 Å². The highest BCUT2D eigenvalue weighted by Gasteiger charge is 2.14. The van der Waals surface area contributed by atoms with Gasteiger partial charge in [-0.1, -0.05) is 31.5 Å². The standard InChI is InChI=1S/C13H18O3/c1-3-4-9-16-10(2)11-7-5-6-8-12(11)13(14)15/h5-8,10H,3-4,9H2,1-2H3,(H,14,15). The van der Waals surface area contributed by atoms with Gasteiger partial charge < -0.3 is 9.84 Å². The molecule has 0 spiro atoms. The van der Waals surface area contributed by atoms with Gasteiger partial charge in [0, 0.05) is 6.61 Å². The van der Waals surface area contributed by atoms with Crippen molar-refractivity contribution in [3.63, 3.8) is 0 Å². The fourth-order valence-electron chi connectivity index (χ4n) is 1.54. The maximum Gasteiger partial charge on any atom is 0.336 e. The Morgan fingerprint density at radius 2 is 2.12 bits per heavy atom. The van der Waals surface area contributed by atoms with E-state index in [1.165, 1.54) is 0 Å². The Morgan fingerprint density at radius 3 is 2.75 bits per heavy atom. The molecule has 0 aliphatic carbocycles. The molecule has 0 heterocycles. The Hall–Kier alpha value is -1.35. The summed E-state index contributed by atoms with van der Waals surface area (Å²) in [6.07, 6.45) is 1.91. The second-order valence-electron chi connectivity index (χ2n) is 3.76. The molecule has 0 aliphatic heterocycles. The SMILES string of the molecule is CCCCOC(C)c1ccccc1C(=O)O. The van der Waals surface area contributed by atoms with E-state index < -0.39 is 5.97 Å². The van der Waals surface area contributed by atoms with Gasteiger partial charge in [-0.2, -0.15) is 0 Å². The van der Waals surface area contributed by atoms with Crippen LogP contribution < -0.4 is 0 Å². The highest BCUT2D eigenvalue weighted by Crippen LogP contribution is 2.21. The lowest BCUT2D eigenvalue weighted by Gasteiger charge is -2.15. The van der Waals surface area contributed by atoms with Gasteiger partial charge in [0.2, 0.25) is 0 Å². The van der Waals surface area contributed by atoms with E-state index in [1.807, 2.05) is 13.0 Å². The summed E-state index contributed by atoms with van der Waals surface area (Å²) in [4.78, 5) is 11.0. The van der Waals surface area contributed by atoms with Crippen molar-refractivity contribution in [1.82, 2.24) is 0 Å². The normalized spacial score (nSPS) is 12.4. The highest BCUT2D eigenvalue weighted by molar-refractivity contribution is 5.89. The van der Waals surface area contributed by atoms with Crippen LogP contribution in [-0.2, 0) is 4.74 Å². The summed E-state index contributed by atoms with van der Waals surface area (Å²) >= 11 is 0. The Labute approximate surface area is 96.1 Å². The number of aromatic carboxylic acids is 1. The minimum Gasteiger partial charge on any atom is -0.478 e. The van der Waals surface area contributed by atoms with Crippen molar-refractivity contribution in [2.75, 3.05) is 6.61 Å². The molecular formula is C13H18O3. The van der Waals surface area contributed by atoms with E-state index >= 15 is 0 Å². The Bertz CT molecular complexity index is 347. The van der Waals surface area contributed by atoms with E-state index in [0.717, 1.165) is 18.4 Å². The second-order valence-corrected chi connectivity index (χ2v) is 3.76. The lowest BCUT2D eigenvalue weighted by atomic mass is 10.0. The molecule has 3 heteroatoms. The molecule has 0 aliphatic rings. The van der Waals surface area contributed by atoms with Crippen LogP contribution in [0.5, 0.6) is 0 Å². The number of carboxylic acids is 1. The van der Waals surface area contributed by atoms with Crippen molar-refractivity contribution in [1.29, 1.82) is 0 Å². The summed E-state index contributed by atoms with van der Waals surface area (Å²) in [5.74, 6) is -0.901. The summed E-state index contributed by atoms with van der Waals surface area (Å²) in [7, 11) is 0. The molecule has 1 aromatic rings. The maximum atomic E-state index is 11.0. The monoisotopic (exact) mass is 222 g/mol. The first-order valence-corrected chi connectivity index (χ1v) is 5.60. The van der Waals surface area contributed by atoms with Crippen LogP contribution in [0.15, 0.2) is 24.3 Å². The van der Waals surface area contributed by atoms with E-state index in [1.54, 1.807) is 18.2 Å². The molecule has 1 unspecified atom stereocenters. The Kier molecular flexibility index (Phi) is 4.99. The number of rotatable bonds is 6. The van der Waals surface area contributed by atoms with E-state index in [4.69, 9.17) is 9.84 Å². The first kappa shape index (κ1) is 12.7. The van der Waals surface area contributed by atoms with Gasteiger partial charge in [0.15, 0.2) is 0 Å². The number of benzene rings is 1. The molecule has 0 saturated carbocycles. The molecule has 16 heavy (non-hydrogen) atoms. The number of hydrogen-bond acceptors (Lipinski definition) is 2. The van der Waals surface area contributed by atoms with Crippen molar-refractivity contribution in [3.05, 3.63) is 35.4 Å². The quantitative estimate of drug-likeness (QED) is 0.751. The number of hydrogen-bond donors (Lipinski definition) is 1. The average Bonchev–Trinajstić information content (AvgIpc) is 2.29. The lowest BCUT2D eigenvalue weighted by Crippen LogP contribution is -2.08. The highest BCUT2D eigenvalue weighted by atomic mass is 16.5. The molecule has 0 bridgehead atoms. The average molecular weight is 222 g/mol. The predicted octanol–water partition coefficient (Wildman–Crippen LogP) is 3.26. The zero-order chi connectivity index (χ0) is 12.0. The van der Waals surface area contributed by atoms with E-state index in [9.17, 15) is 4.79 Å². The number of carbonyl (C=O) groups is 1. The van der Waals surface area contributed by atoms with Gasteiger partial charge in [0.1, 0.15) is 0 Å². The second kappa shape index (κ2) is 6.28. The van der Waals surface area contributed by atoms with Crippen molar-refractivity contribution in [3.8, 4) is 0 Å². The van der Waals surface area contributed by atoms with Crippen LogP contribution in [0.25, 0.3) is 0 Å². The number of ether oxygens (including phenoxy) is 1. The molecule has 1 rings (SSSR count). The van der Waals surface area contributed by atoms with Gasteiger partial charge >= 0.3 is 5.97 Å². The summed E-state index contributed by atoms with van der Waals surface area (Å²) in [5.41, 5.74) is 1.07. The summed E-state index contributed by atoms with van der Waals surface area (Å²) < 4.78 is 5.60. The summed E-state index contributed by atoms with van der Waals surface area (Å²) in [5, 5.41) is 9.03. The molecule has 0 amide bonds. The minimum absolute atomic E-state index is 0.168. The van der Waals surface area contributed by atoms with E-state index in [-0.39, 0.29) is 6.10 Å². The van der Waals surface area contributed by atoms with Gasteiger partial charge in [-0.15, -0.1) is 0 Å². The molecule has 1 atom stereocenters. The molecule has 0 saturated heterocycles. The topological polar surface area (TPSA) is 46.5 Å². The molecule has 0 fully saturated rings. The number of carboxylic acid groups (broad SMARTS) is 1. The summed E-state index contributed by atoms with van der Waals surface area (Å²) in [6, 6.07) is 6.98. The largest absolute Gasteiger partial charge is 0.478 e. The van der Waals surface area contributed by atoms with Gasteiger partial charge in [-0.25, -0.2) is 4.79 Å². The maximum absolute atomic E-state index is 11.0. The van der Waals surface area contributed by atoms with Crippen molar-refractivity contribution < 1.29 is 14.6 Å². The van der Waals surface area contributed by atoms with Crippen LogP contribution in [0.2, 0.25) is 0 Å². The number of unbranched alkanes of at least 4 members (excludes halogenated alkanes) is 1. The molecule has 1 aromatic carbocycles. The van der Waals surface area contributed by atoms with Crippen LogP contribution in [0.1, 0.15) is 48.7 Å². The third-order valence-electron chi connectivity index (χ3n) is 2.49. The molecule has 3 nitrogen and oxygen atoms in total. The first-order valence-electron chi connectivity index (χ1n) is 5.60. The van der Waals surface area contributed by atoms with E-state index in [2.05, 4.69) is 6.92 Å². The van der Waals surface area contributed by atoms with Gasteiger partial charge in [-0.3, -0.25) is 0 Å². The smallest absolute Gasteiger partial charge is 0.336 e. The lowest BCUT2D eigenvalue weighted by molar-refractivity contribution is 0.0583. The van der Waals surface area contributed by atoms with Gasteiger partial charge in [0.05, 0.1) is 11.7 Å². The van der Waals surface area contributed by atoms with Gasteiger partial charge in [-0.05, 0) is 25.0 Å². The third-order valence-corrected chi connectivity index (χ3v) is 2.49. The van der Waals surface area contributed by atoms with Crippen LogP contribution in [0.4, 0.5) is 0 Å². The van der Waals surface area contributed by atoms with Crippen LogP contribution in [-0.4, -0.2) is 17.7 Å². The van der Waals surface area contributed by atoms with Crippen LogP contribution in [0.3, 0.4) is 0 Å². The minimum atomic E-state index is -0.901. The molecule has 0 aromatic heterocycles. The third kappa shape index (κ3) is 3.35. The van der Waals surface area contributed by atoms with Gasteiger partial charge in [0.25, 0.3) is 0 Å². The molecule has 0 radical (unpaired) electrons. The van der Waals surface area contributed by atoms with Crippen LogP contribution >= 0.6 is 0 Å². The fourth-order valence-corrected chi connectivity index (χ4v) is 1.54. The van der Waals surface area contributed by atoms with Crippen molar-refractivity contribution in [2.24, 2.45) is 0 Å². The predicted molar refractivity (Wildman–Crippen MR) is 62.7 cm³/mol. The van der Waals surface area contributed by atoms with E-state index in [0.29, 0.717) is 12.2 Å². The van der Waals surface area contributed by atoms with Crippen molar-refractivity contribution in [2.45, 2.75) is 32.8 Å². The summed E-state index contributed by atoms with van der Waals surface area (Å²) in [6.45, 7) is 4.66.